The van der Waals surface area contributed by atoms with Gasteiger partial charge in [0.15, 0.2) is 12.4 Å². The summed E-state index contributed by atoms with van der Waals surface area (Å²) in [6, 6.07) is 13.9. The predicted octanol–water partition coefficient (Wildman–Crippen LogP) is 2.88. The average Bonchev–Trinajstić information content (AvgIpc) is 2.60. The normalized spacial score (nSPS) is 11.4. The van der Waals surface area contributed by atoms with Crippen LogP contribution in [0.2, 0.25) is 5.02 Å². The summed E-state index contributed by atoms with van der Waals surface area (Å²) in [6.45, 7) is 1.12. The Hall–Kier alpha value is -2.66. The number of amides is 1. The molecule has 0 bridgehead atoms. The molecule has 2 aromatic carbocycles. The van der Waals surface area contributed by atoms with Crippen molar-refractivity contribution in [3.8, 4) is 0 Å². The number of rotatable bonds is 6. The van der Waals surface area contributed by atoms with Gasteiger partial charge in [-0.1, -0.05) is 41.9 Å². The van der Waals surface area contributed by atoms with Gasteiger partial charge in [-0.15, -0.1) is 0 Å². The van der Waals surface area contributed by atoms with Crippen LogP contribution in [0.3, 0.4) is 0 Å². The van der Waals surface area contributed by atoms with Crippen molar-refractivity contribution >= 4 is 29.3 Å². The van der Waals surface area contributed by atoms with E-state index >= 15 is 0 Å². The minimum absolute atomic E-state index is 0.305. The van der Waals surface area contributed by atoms with Gasteiger partial charge >= 0.3 is 5.97 Å². The molecule has 124 valence electrons. The molecule has 0 saturated heterocycles. The van der Waals surface area contributed by atoms with Crippen molar-refractivity contribution in [1.29, 1.82) is 0 Å². The molecule has 24 heavy (non-hydrogen) atoms. The van der Waals surface area contributed by atoms with Gasteiger partial charge in [0, 0.05) is 16.1 Å². The Balaban J connectivity index is 1.84. The minimum Gasteiger partial charge on any atom is -0.456 e. The molecular weight excluding hydrogens is 330 g/mol. The van der Waals surface area contributed by atoms with Crippen LogP contribution in [0.15, 0.2) is 54.6 Å². The van der Waals surface area contributed by atoms with E-state index in [1.165, 1.54) is 6.92 Å². The van der Waals surface area contributed by atoms with Gasteiger partial charge in [0.1, 0.15) is 6.04 Å². The highest BCUT2D eigenvalue weighted by atomic mass is 35.5. The maximum atomic E-state index is 12.0. The van der Waals surface area contributed by atoms with Crippen LogP contribution in [0.5, 0.6) is 0 Å². The first-order valence-electron chi connectivity index (χ1n) is 7.28. The maximum Gasteiger partial charge on any atom is 0.328 e. The molecule has 0 unspecified atom stereocenters. The van der Waals surface area contributed by atoms with E-state index < -0.39 is 17.9 Å². The summed E-state index contributed by atoms with van der Waals surface area (Å²) in [6.07, 6.45) is 0. The van der Waals surface area contributed by atoms with Crippen LogP contribution in [-0.4, -0.2) is 30.3 Å². The molecule has 0 aromatic heterocycles. The van der Waals surface area contributed by atoms with E-state index in [9.17, 15) is 14.4 Å². The van der Waals surface area contributed by atoms with E-state index in [1.54, 1.807) is 54.6 Å². The summed E-state index contributed by atoms with van der Waals surface area (Å²) in [5, 5.41) is 3.02. The van der Waals surface area contributed by atoms with Gasteiger partial charge in [-0.05, 0) is 31.2 Å². The summed E-state index contributed by atoms with van der Waals surface area (Å²) in [7, 11) is 0. The first-order valence-corrected chi connectivity index (χ1v) is 7.66. The van der Waals surface area contributed by atoms with Crippen LogP contribution in [0.25, 0.3) is 0 Å². The van der Waals surface area contributed by atoms with E-state index in [4.69, 9.17) is 16.3 Å². The van der Waals surface area contributed by atoms with E-state index in [0.717, 1.165) is 0 Å². The van der Waals surface area contributed by atoms with Crippen LogP contribution in [0, 0.1) is 0 Å². The van der Waals surface area contributed by atoms with E-state index in [-0.39, 0.29) is 12.4 Å². The number of nitrogens with one attached hydrogen (secondary N) is 1. The monoisotopic (exact) mass is 345 g/mol. The zero-order valence-electron chi connectivity index (χ0n) is 13.0. The Morgan fingerprint density at radius 3 is 2.25 bits per heavy atom. The van der Waals surface area contributed by atoms with Crippen molar-refractivity contribution in [3.05, 3.63) is 70.7 Å². The number of Topliss-reactive ketones (excluding diaryl/α,β-unsaturated/α-hetero) is 1. The first kappa shape index (κ1) is 17.7. The Bertz CT molecular complexity index is 728. The lowest BCUT2D eigenvalue weighted by atomic mass is 10.1. The van der Waals surface area contributed by atoms with Crippen molar-refractivity contribution in [2.24, 2.45) is 0 Å². The fraction of sp³-hybridized carbons (Fsp3) is 0.167. The number of ether oxygens (including phenoxy) is 1. The Morgan fingerprint density at radius 2 is 1.62 bits per heavy atom. The van der Waals surface area contributed by atoms with Crippen LogP contribution in [-0.2, 0) is 9.53 Å². The number of ketones is 1. The number of hydrogen-bond donors (Lipinski definition) is 1. The number of esters is 1. The maximum absolute atomic E-state index is 12.0. The molecule has 2 aromatic rings. The highest BCUT2D eigenvalue weighted by Gasteiger charge is 2.19. The zero-order chi connectivity index (χ0) is 17.5. The van der Waals surface area contributed by atoms with Gasteiger partial charge in [0.05, 0.1) is 0 Å². The summed E-state index contributed by atoms with van der Waals surface area (Å²) >= 11 is 5.76. The van der Waals surface area contributed by atoms with E-state index in [0.29, 0.717) is 16.1 Å². The smallest absolute Gasteiger partial charge is 0.328 e. The summed E-state index contributed by atoms with van der Waals surface area (Å²) < 4.78 is 4.95. The van der Waals surface area contributed by atoms with Gasteiger partial charge in [-0.2, -0.15) is 0 Å². The third-order valence-corrected chi connectivity index (χ3v) is 3.50. The molecule has 0 spiro atoms. The van der Waals surface area contributed by atoms with Gasteiger partial charge < -0.3 is 10.1 Å². The highest BCUT2D eigenvalue weighted by Crippen LogP contribution is 2.09. The molecule has 0 aliphatic carbocycles. The average molecular weight is 346 g/mol. The van der Waals surface area contributed by atoms with Crippen molar-refractivity contribution in [2.45, 2.75) is 13.0 Å². The fourth-order valence-corrected chi connectivity index (χ4v) is 2.04. The standard InChI is InChI=1S/C18H16ClNO4/c1-12(20-17(22)14-7-9-15(19)10-8-14)18(23)24-11-16(21)13-5-3-2-4-6-13/h2-10,12H,11H2,1H3,(H,20,22)/t12-/m0/s1. The Kier molecular flexibility index (Phi) is 6.09. The predicted molar refractivity (Wildman–Crippen MR) is 90.1 cm³/mol. The number of carbonyl (C=O) groups excluding carboxylic acids is 3. The largest absolute Gasteiger partial charge is 0.456 e. The molecule has 6 heteroatoms. The molecule has 5 nitrogen and oxygen atoms in total. The number of halogens is 1. The third kappa shape index (κ3) is 4.93. The van der Waals surface area contributed by atoms with Crippen molar-refractivity contribution in [2.75, 3.05) is 6.61 Å². The molecule has 1 N–H and O–H groups in total. The molecule has 0 heterocycles. The molecule has 1 atom stereocenters. The summed E-state index contributed by atoms with van der Waals surface area (Å²) in [5.41, 5.74) is 0.836. The van der Waals surface area contributed by atoms with Crippen molar-refractivity contribution in [3.63, 3.8) is 0 Å². The molecule has 0 aliphatic heterocycles. The van der Waals surface area contributed by atoms with Gasteiger partial charge in [-0.3, -0.25) is 9.59 Å². The second-order valence-electron chi connectivity index (χ2n) is 5.10. The van der Waals surface area contributed by atoms with E-state index in [1.807, 2.05) is 0 Å². The Morgan fingerprint density at radius 1 is 1.00 bits per heavy atom. The number of benzene rings is 2. The zero-order valence-corrected chi connectivity index (χ0v) is 13.7. The fourth-order valence-electron chi connectivity index (χ4n) is 1.91. The molecule has 1 amide bonds. The topological polar surface area (TPSA) is 72.5 Å². The van der Waals surface area contributed by atoms with Crippen molar-refractivity contribution in [1.82, 2.24) is 5.32 Å². The molecule has 0 radical (unpaired) electrons. The molecule has 0 saturated carbocycles. The third-order valence-electron chi connectivity index (χ3n) is 3.25. The lowest BCUT2D eigenvalue weighted by Gasteiger charge is -2.13. The Labute approximate surface area is 144 Å². The van der Waals surface area contributed by atoms with Crippen LogP contribution >= 0.6 is 11.6 Å². The molecular formula is C18H16ClNO4. The second-order valence-corrected chi connectivity index (χ2v) is 5.54. The minimum atomic E-state index is -0.878. The molecule has 0 aliphatic rings. The van der Waals surface area contributed by atoms with Crippen LogP contribution in [0.4, 0.5) is 0 Å². The highest BCUT2D eigenvalue weighted by molar-refractivity contribution is 6.30. The van der Waals surface area contributed by atoms with Crippen LogP contribution in [0.1, 0.15) is 27.6 Å². The first-order chi connectivity index (χ1) is 11.5. The molecule has 0 fully saturated rings. The van der Waals surface area contributed by atoms with Gasteiger partial charge in [0.25, 0.3) is 5.91 Å². The van der Waals surface area contributed by atoms with Gasteiger partial charge in [0.2, 0.25) is 0 Å². The van der Waals surface area contributed by atoms with Crippen molar-refractivity contribution < 1.29 is 19.1 Å². The van der Waals surface area contributed by atoms with E-state index in [2.05, 4.69) is 5.32 Å². The van der Waals surface area contributed by atoms with Crippen LogP contribution < -0.4 is 5.32 Å². The summed E-state index contributed by atoms with van der Waals surface area (Å²) in [4.78, 5) is 35.8. The second kappa shape index (κ2) is 8.26. The van der Waals surface area contributed by atoms with Gasteiger partial charge in [-0.25, -0.2) is 4.79 Å². The SMILES string of the molecule is C[C@H](NC(=O)c1ccc(Cl)cc1)C(=O)OCC(=O)c1ccccc1. The summed E-state index contributed by atoms with van der Waals surface area (Å²) in [5.74, 6) is -1.41. The number of carbonyl (C=O) groups is 3. The lowest BCUT2D eigenvalue weighted by Crippen LogP contribution is -2.40. The molecule has 2 rings (SSSR count). The lowest BCUT2D eigenvalue weighted by molar-refractivity contribution is -0.144. The number of hydrogen-bond acceptors (Lipinski definition) is 4. The quantitative estimate of drug-likeness (QED) is 0.645.